The number of carbonyl (C=O) groups is 1. The van der Waals surface area contributed by atoms with Crippen molar-refractivity contribution < 1.29 is 13.9 Å². The summed E-state index contributed by atoms with van der Waals surface area (Å²) in [6.07, 6.45) is 3.11. The van der Waals surface area contributed by atoms with Crippen LogP contribution in [-0.2, 0) is 4.79 Å². The van der Waals surface area contributed by atoms with Gasteiger partial charge in [-0.05, 0) is 43.2 Å². The van der Waals surface area contributed by atoms with Crippen molar-refractivity contribution >= 4 is 22.7 Å². The number of amides is 1. The van der Waals surface area contributed by atoms with Gasteiger partial charge in [-0.25, -0.2) is 4.98 Å². The van der Waals surface area contributed by atoms with E-state index in [2.05, 4.69) is 10.3 Å². The van der Waals surface area contributed by atoms with Crippen LogP contribution in [0.15, 0.2) is 46.9 Å². The van der Waals surface area contributed by atoms with Crippen molar-refractivity contribution in [2.45, 2.75) is 19.3 Å². The van der Waals surface area contributed by atoms with Gasteiger partial charge in [0, 0.05) is 23.2 Å². The van der Waals surface area contributed by atoms with Crippen LogP contribution in [0.1, 0.15) is 19.3 Å². The van der Waals surface area contributed by atoms with Crippen LogP contribution in [0.4, 0.5) is 5.69 Å². The number of hydrogen-bond acceptors (Lipinski definition) is 4. The van der Waals surface area contributed by atoms with Crippen LogP contribution < -0.4 is 10.1 Å². The first-order valence-corrected chi connectivity index (χ1v) is 8.09. The van der Waals surface area contributed by atoms with E-state index in [0.717, 1.165) is 41.8 Å². The van der Waals surface area contributed by atoms with Gasteiger partial charge in [-0.1, -0.05) is 12.5 Å². The second kappa shape index (κ2) is 6.00. The average molecular weight is 322 g/mol. The minimum atomic E-state index is 0.0909. The lowest BCUT2D eigenvalue weighted by Crippen LogP contribution is -2.27. The molecule has 0 spiro atoms. The normalized spacial score (nSPS) is 14.4. The molecule has 1 aromatic heterocycles. The third-order valence-corrected chi connectivity index (χ3v) is 4.45. The highest BCUT2D eigenvalue weighted by Gasteiger charge is 2.25. The van der Waals surface area contributed by atoms with Crippen LogP contribution in [0.5, 0.6) is 5.75 Å². The van der Waals surface area contributed by atoms with Gasteiger partial charge >= 0.3 is 0 Å². The lowest BCUT2D eigenvalue weighted by Gasteiger charge is -2.23. The minimum absolute atomic E-state index is 0.0909. The lowest BCUT2D eigenvalue weighted by molar-refractivity contribution is -0.122. The first-order valence-electron chi connectivity index (χ1n) is 8.09. The SMILES string of the molecule is COc1cccc(-c2nc3ccc(NC(=O)C4CCC4)cc3o2)c1. The van der Waals surface area contributed by atoms with Gasteiger partial charge in [0.2, 0.25) is 11.8 Å². The standard InChI is InChI=1S/C19H18N2O3/c1-23-15-7-3-6-13(10-15)19-21-16-9-8-14(11-17(16)24-19)20-18(22)12-4-2-5-12/h3,6-12H,2,4-5H2,1H3,(H,20,22). The van der Waals surface area contributed by atoms with Crippen molar-refractivity contribution in [3.8, 4) is 17.2 Å². The van der Waals surface area contributed by atoms with E-state index in [4.69, 9.17) is 9.15 Å². The van der Waals surface area contributed by atoms with E-state index in [-0.39, 0.29) is 11.8 Å². The van der Waals surface area contributed by atoms with Crippen molar-refractivity contribution in [2.24, 2.45) is 5.92 Å². The number of oxazole rings is 1. The Labute approximate surface area is 139 Å². The van der Waals surface area contributed by atoms with Crippen LogP contribution in [0.2, 0.25) is 0 Å². The molecule has 1 aliphatic carbocycles. The molecule has 4 rings (SSSR count). The molecular weight excluding hydrogens is 304 g/mol. The van der Waals surface area contributed by atoms with Gasteiger partial charge in [-0.3, -0.25) is 4.79 Å². The molecule has 122 valence electrons. The highest BCUT2D eigenvalue weighted by molar-refractivity contribution is 5.94. The zero-order chi connectivity index (χ0) is 16.5. The van der Waals surface area contributed by atoms with E-state index in [1.54, 1.807) is 7.11 Å². The van der Waals surface area contributed by atoms with Crippen molar-refractivity contribution in [3.05, 3.63) is 42.5 Å². The summed E-state index contributed by atoms with van der Waals surface area (Å²) in [5.41, 5.74) is 3.01. The fourth-order valence-corrected chi connectivity index (χ4v) is 2.80. The number of methoxy groups -OCH3 is 1. The van der Waals surface area contributed by atoms with Gasteiger partial charge in [-0.15, -0.1) is 0 Å². The summed E-state index contributed by atoms with van der Waals surface area (Å²) in [6, 6.07) is 13.1. The fraction of sp³-hybridized carbons (Fsp3) is 0.263. The molecule has 0 bridgehead atoms. The van der Waals surface area contributed by atoms with Gasteiger partial charge in [0.15, 0.2) is 5.58 Å². The molecule has 1 saturated carbocycles. The number of nitrogens with zero attached hydrogens (tertiary/aromatic N) is 1. The number of benzene rings is 2. The number of aromatic nitrogens is 1. The van der Waals surface area contributed by atoms with Gasteiger partial charge in [0.1, 0.15) is 11.3 Å². The van der Waals surface area contributed by atoms with E-state index in [9.17, 15) is 4.79 Å². The molecule has 5 nitrogen and oxygen atoms in total. The Hall–Kier alpha value is -2.82. The number of anilines is 1. The fourth-order valence-electron chi connectivity index (χ4n) is 2.80. The van der Waals surface area contributed by atoms with Crippen LogP contribution in [0.3, 0.4) is 0 Å². The monoisotopic (exact) mass is 322 g/mol. The number of carbonyl (C=O) groups excluding carboxylic acids is 1. The second-order valence-corrected chi connectivity index (χ2v) is 6.05. The van der Waals surface area contributed by atoms with Crippen molar-refractivity contribution in [2.75, 3.05) is 12.4 Å². The molecule has 1 amide bonds. The summed E-state index contributed by atoms with van der Waals surface area (Å²) in [6.45, 7) is 0. The molecule has 0 unspecified atom stereocenters. The molecule has 1 aliphatic rings. The van der Waals surface area contributed by atoms with E-state index >= 15 is 0 Å². The zero-order valence-corrected chi connectivity index (χ0v) is 13.4. The highest BCUT2D eigenvalue weighted by atomic mass is 16.5. The summed E-state index contributed by atoms with van der Waals surface area (Å²) in [5.74, 6) is 1.53. The van der Waals surface area contributed by atoms with Gasteiger partial charge < -0.3 is 14.5 Å². The molecule has 1 heterocycles. The van der Waals surface area contributed by atoms with Crippen LogP contribution in [-0.4, -0.2) is 18.0 Å². The third kappa shape index (κ3) is 2.73. The topological polar surface area (TPSA) is 64.4 Å². The maximum Gasteiger partial charge on any atom is 0.227 e. The number of nitrogens with one attached hydrogen (secondary N) is 1. The van der Waals surface area contributed by atoms with Crippen LogP contribution >= 0.6 is 0 Å². The minimum Gasteiger partial charge on any atom is -0.497 e. The predicted octanol–water partition coefficient (Wildman–Crippen LogP) is 4.24. The molecule has 3 aromatic rings. The molecule has 2 aromatic carbocycles. The van der Waals surface area contributed by atoms with Crippen LogP contribution in [0.25, 0.3) is 22.6 Å². The van der Waals surface area contributed by atoms with Crippen LogP contribution in [0, 0.1) is 5.92 Å². The second-order valence-electron chi connectivity index (χ2n) is 6.05. The van der Waals surface area contributed by atoms with Gasteiger partial charge in [-0.2, -0.15) is 0 Å². The van der Waals surface area contributed by atoms with Gasteiger partial charge in [0.25, 0.3) is 0 Å². The van der Waals surface area contributed by atoms with Crippen molar-refractivity contribution in [1.29, 1.82) is 0 Å². The maximum atomic E-state index is 12.1. The zero-order valence-electron chi connectivity index (χ0n) is 13.4. The average Bonchev–Trinajstić information content (AvgIpc) is 2.96. The lowest BCUT2D eigenvalue weighted by atomic mass is 9.85. The summed E-state index contributed by atoms with van der Waals surface area (Å²) in [7, 11) is 1.63. The summed E-state index contributed by atoms with van der Waals surface area (Å²) in [5, 5.41) is 2.96. The molecule has 0 saturated heterocycles. The molecule has 1 fully saturated rings. The van der Waals surface area contributed by atoms with Crippen molar-refractivity contribution in [3.63, 3.8) is 0 Å². The Bertz CT molecular complexity index is 897. The van der Waals surface area contributed by atoms with E-state index in [1.807, 2.05) is 42.5 Å². The number of rotatable bonds is 4. The quantitative estimate of drug-likeness (QED) is 0.780. The Morgan fingerprint density at radius 2 is 2.12 bits per heavy atom. The molecule has 0 aliphatic heterocycles. The van der Waals surface area contributed by atoms with E-state index < -0.39 is 0 Å². The first-order chi connectivity index (χ1) is 11.7. The Balaban J connectivity index is 1.61. The maximum absolute atomic E-state index is 12.1. The van der Waals surface area contributed by atoms with Gasteiger partial charge in [0.05, 0.1) is 7.11 Å². The van der Waals surface area contributed by atoms with Crippen molar-refractivity contribution in [1.82, 2.24) is 4.98 Å². The number of ether oxygens (including phenoxy) is 1. The highest BCUT2D eigenvalue weighted by Crippen LogP contribution is 2.30. The Morgan fingerprint density at radius 1 is 1.25 bits per heavy atom. The summed E-state index contributed by atoms with van der Waals surface area (Å²) in [4.78, 5) is 16.6. The molecule has 1 N–H and O–H groups in total. The third-order valence-electron chi connectivity index (χ3n) is 4.45. The van der Waals surface area contributed by atoms with E-state index in [0.29, 0.717) is 11.5 Å². The molecule has 24 heavy (non-hydrogen) atoms. The first kappa shape index (κ1) is 14.8. The van der Waals surface area contributed by atoms with E-state index in [1.165, 1.54) is 0 Å². The predicted molar refractivity (Wildman–Crippen MR) is 92.0 cm³/mol. The Kier molecular flexibility index (Phi) is 3.69. The number of hydrogen-bond donors (Lipinski definition) is 1. The largest absolute Gasteiger partial charge is 0.497 e. The summed E-state index contributed by atoms with van der Waals surface area (Å²) < 4.78 is 11.1. The Morgan fingerprint density at radius 3 is 2.88 bits per heavy atom. The molecular formula is C19H18N2O3. The molecule has 0 radical (unpaired) electrons. The molecule has 5 heteroatoms. The molecule has 0 atom stereocenters. The summed E-state index contributed by atoms with van der Waals surface area (Å²) >= 11 is 0. The number of fused-ring (bicyclic) bond motifs is 1. The smallest absolute Gasteiger partial charge is 0.227 e.